The summed E-state index contributed by atoms with van der Waals surface area (Å²) in [6.45, 7) is 1.98. The number of nitrogens with zero attached hydrogens (tertiary/aromatic N) is 2. The Balaban J connectivity index is 1.34. The molecule has 156 valence electrons. The van der Waals surface area contributed by atoms with E-state index in [0.29, 0.717) is 41.5 Å². The van der Waals surface area contributed by atoms with Gasteiger partial charge in [0, 0.05) is 25.2 Å². The fraction of sp³-hybridized carbons (Fsp3) is 0.318. The van der Waals surface area contributed by atoms with Gasteiger partial charge in [-0.3, -0.25) is 4.79 Å². The molecule has 1 saturated heterocycles. The summed E-state index contributed by atoms with van der Waals surface area (Å²) in [5.74, 6) is 0.471. The van der Waals surface area contributed by atoms with Gasteiger partial charge < -0.3 is 14.5 Å². The first-order chi connectivity index (χ1) is 14.7. The van der Waals surface area contributed by atoms with Crippen LogP contribution in [0.4, 0.5) is 0 Å². The van der Waals surface area contributed by atoms with Crippen LogP contribution in [0.3, 0.4) is 0 Å². The minimum Gasteiger partial charge on any atom is -0.411 e. The molecule has 2 aromatic carbocycles. The zero-order valence-corrected chi connectivity index (χ0v) is 17.9. The number of thioether (sulfide) groups is 1. The van der Waals surface area contributed by atoms with E-state index in [9.17, 15) is 4.79 Å². The van der Waals surface area contributed by atoms with Crippen molar-refractivity contribution in [2.75, 3.05) is 25.5 Å². The molecule has 1 N–H and O–H groups in total. The maximum Gasteiger partial charge on any atom is 0.277 e. The smallest absolute Gasteiger partial charge is 0.277 e. The van der Waals surface area contributed by atoms with Gasteiger partial charge in [-0.15, -0.1) is 10.2 Å². The maximum absolute atomic E-state index is 12.5. The number of carbonyl (C=O) groups excluding carboxylic acids is 1. The van der Waals surface area contributed by atoms with Crippen LogP contribution >= 0.6 is 23.4 Å². The Kier molecular flexibility index (Phi) is 6.72. The summed E-state index contributed by atoms with van der Waals surface area (Å²) < 4.78 is 11.2. The summed E-state index contributed by atoms with van der Waals surface area (Å²) in [6.07, 6.45) is 1.77. The molecule has 1 fully saturated rings. The van der Waals surface area contributed by atoms with Crippen LogP contribution in [0.15, 0.2) is 64.2 Å². The van der Waals surface area contributed by atoms with Crippen LogP contribution in [0.25, 0.3) is 11.5 Å². The van der Waals surface area contributed by atoms with Crippen LogP contribution in [0.2, 0.25) is 5.02 Å². The predicted octanol–water partition coefficient (Wildman–Crippen LogP) is 4.35. The Morgan fingerprint density at radius 1 is 1.07 bits per heavy atom. The molecule has 1 aliphatic heterocycles. The minimum absolute atomic E-state index is 0.0701. The van der Waals surface area contributed by atoms with Gasteiger partial charge in [0.25, 0.3) is 5.22 Å². The van der Waals surface area contributed by atoms with Crippen LogP contribution in [-0.4, -0.2) is 41.6 Å². The quantitative estimate of drug-likeness (QED) is 0.547. The molecular weight excluding hydrogens is 422 g/mol. The van der Waals surface area contributed by atoms with Gasteiger partial charge in [-0.2, -0.15) is 0 Å². The fourth-order valence-corrected chi connectivity index (χ4v) is 4.39. The van der Waals surface area contributed by atoms with E-state index in [1.165, 1.54) is 17.3 Å². The highest BCUT2D eigenvalue weighted by molar-refractivity contribution is 7.99. The van der Waals surface area contributed by atoms with Crippen molar-refractivity contribution in [3.05, 3.63) is 65.2 Å². The first kappa shape index (κ1) is 20.9. The second-order valence-electron chi connectivity index (χ2n) is 7.18. The predicted molar refractivity (Wildman–Crippen MR) is 117 cm³/mol. The first-order valence-corrected chi connectivity index (χ1v) is 11.1. The molecule has 1 aromatic heterocycles. The van der Waals surface area contributed by atoms with Gasteiger partial charge in [-0.25, -0.2) is 0 Å². The van der Waals surface area contributed by atoms with Gasteiger partial charge in [-0.1, -0.05) is 65.8 Å². The van der Waals surface area contributed by atoms with E-state index in [0.717, 1.165) is 12.8 Å². The number of halogens is 1. The van der Waals surface area contributed by atoms with Crippen molar-refractivity contribution < 1.29 is 13.9 Å². The molecule has 1 aliphatic rings. The molecular formula is C22H22ClN3O3S. The Morgan fingerprint density at radius 3 is 2.57 bits per heavy atom. The van der Waals surface area contributed by atoms with Crippen LogP contribution < -0.4 is 5.32 Å². The third-order valence-corrected chi connectivity index (χ3v) is 6.45. The largest absolute Gasteiger partial charge is 0.411 e. The normalized spacial score (nSPS) is 15.6. The molecule has 0 spiro atoms. The zero-order chi connectivity index (χ0) is 20.8. The molecule has 0 atom stereocenters. The number of nitrogens with one attached hydrogen (secondary N) is 1. The molecule has 1 amide bonds. The third kappa shape index (κ3) is 4.86. The number of carbonyl (C=O) groups is 1. The Hall–Kier alpha value is -2.35. The van der Waals surface area contributed by atoms with Gasteiger partial charge in [0.2, 0.25) is 11.8 Å². The number of rotatable bonds is 7. The van der Waals surface area contributed by atoms with E-state index in [1.54, 1.807) is 6.07 Å². The van der Waals surface area contributed by atoms with E-state index in [-0.39, 0.29) is 17.1 Å². The highest BCUT2D eigenvalue weighted by atomic mass is 35.5. The van der Waals surface area contributed by atoms with Crippen molar-refractivity contribution >= 4 is 29.3 Å². The highest BCUT2D eigenvalue weighted by Crippen LogP contribution is 2.34. The minimum atomic E-state index is -0.0957. The summed E-state index contributed by atoms with van der Waals surface area (Å²) in [4.78, 5) is 12.5. The standard InChI is InChI=1S/C22H22ClN3O3S/c23-18-9-5-4-8-17(18)20-25-26-21(29-20)30-14-19(27)24-15-22(10-12-28-13-11-22)16-6-2-1-3-7-16/h1-9H,10-15H2,(H,24,27). The maximum atomic E-state index is 12.5. The van der Waals surface area contributed by atoms with E-state index in [4.69, 9.17) is 20.8 Å². The van der Waals surface area contributed by atoms with Crippen molar-refractivity contribution in [3.8, 4) is 11.5 Å². The summed E-state index contributed by atoms with van der Waals surface area (Å²) in [5.41, 5.74) is 1.82. The first-order valence-electron chi connectivity index (χ1n) is 9.77. The van der Waals surface area contributed by atoms with E-state index >= 15 is 0 Å². The van der Waals surface area contributed by atoms with Crippen LogP contribution in [0, 0.1) is 0 Å². The average Bonchev–Trinajstić information content (AvgIpc) is 3.27. The zero-order valence-electron chi connectivity index (χ0n) is 16.3. The SMILES string of the molecule is O=C(CSc1nnc(-c2ccccc2Cl)o1)NCC1(c2ccccc2)CCOCC1. The van der Waals surface area contributed by atoms with E-state index in [1.807, 2.05) is 36.4 Å². The molecule has 3 aromatic rings. The molecule has 0 unspecified atom stereocenters. The van der Waals surface area contributed by atoms with E-state index in [2.05, 4.69) is 27.6 Å². The lowest BCUT2D eigenvalue weighted by Crippen LogP contribution is -2.45. The second-order valence-corrected chi connectivity index (χ2v) is 8.51. The monoisotopic (exact) mass is 443 g/mol. The molecule has 0 bridgehead atoms. The van der Waals surface area contributed by atoms with Gasteiger partial charge in [0.15, 0.2) is 0 Å². The Morgan fingerprint density at radius 2 is 1.80 bits per heavy atom. The topological polar surface area (TPSA) is 77.2 Å². The molecule has 2 heterocycles. The third-order valence-electron chi connectivity index (χ3n) is 5.30. The van der Waals surface area contributed by atoms with Gasteiger partial charge in [0.1, 0.15) is 0 Å². The Labute approximate surface area is 184 Å². The van der Waals surface area contributed by atoms with Gasteiger partial charge in [-0.05, 0) is 30.5 Å². The highest BCUT2D eigenvalue weighted by Gasteiger charge is 2.34. The van der Waals surface area contributed by atoms with Crippen molar-refractivity contribution in [2.24, 2.45) is 0 Å². The summed E-state index contributed by atoms with van der Waals surface area (Å²) in [6, 6.07) is 17.6. The van der Waals surface area contributed by atoms with Crippen molar-refractivity contribution in [3.63, 3.8) is 0 Å². The van der Waals surface area contributed by atoms with E-state index < -0.39 is 0 Å². The van der Waals surface area contributed by atoms with Crippen LogP contribution in [0.1, 0.15) is 18.4 Å². The molecule has 6 nitrogen and oxygen atoms in total. The Bertz CT molecular complexity index is 990. The summed E-state index contributed by atoms with van der Waals surface area (Å²) >= 11 is 7.38. The molecule has 4 rings (SSSR count). The lowest BCUT2D eigenvalue weighted by Gasteiger charge is -2.38. The lowest BCUT2D eigenvalue weighted by atomic mass is 9.74. The van der Waals surface area contributed by atoms with Gasteiger partial charge in [0.05, 0.1) is 16.3 Å². The lowest BCUT2D eigenvalue weighted by molar-refractivity contribution is -0.119. The van der Waals surface area contributed by atoms with Gasteiger partial charge >= 0.3 is 0 Å². The number of benzene rings is 2. The molecule has 0 radical (unpaired) electrons. The number of hydrogen-bond donors (Lipinski definition) is 1. The number of amides is 1. The number of ether oxygens (including phenoxy) is 1. The summed E-state index contributed by atoms with van der Waals surface area (Å²) in [5, 5.41) is 12.0. The average molecular weight is 444 g/mol. The summed E-state index contributed by atoms with van der Waals surface area (Å²) in [7, 11) is 0. The number of aromatic nitrogens is 2. The van der Waals surface area contributed by atoms with Crippen LogP contribution in [-0.2, 0) is 14.9 Å². The second kappa shape index (κ2) is 9.64. The van der Waals surface area contributed by atoms with Crippen LogP contribution in [0.5, 0.6) is 0 Å². The van der Waals surface area contributed by atoms with Crippen molar-refractivity contribution in [2.45, 2.75) is 23.5 Å². The molecule has 0 saturated carbocycles. The fourth-order valence-electron chi connectivity index (χ4n) is 3.58. The molecule has 30 heavy (non-hydrogen) atoms. The molecule has 0 aliphatic carbocycles. The molecule has 8 heteroatoms. The van der Waals surface area contributed by atoms with Crippen molar-refractivity contribution in [1.82, 2.24) is 15.5 Å². The van der Waals surface area contributed by atoms with Crippen molar-refractivity contribution in [1.29, 1.82) is 0 Å². The number of hydrogen-bond acceptors (Lipinski definition) is 6.